The van der Waals surface area contributed by atoms with Crippen molar-refractivity contribution in [2.24, 2.45) is 12.0 Å². The number of aromatic nitrogens is 5. The van der Waals surface area contributed by atoms with E-state index in [2.05, 4.69) is 35.5 Å². The van der Waals surface area contributed by atoms with Gasteiger partial charge in [0.1, 0.15) is 11.9 Å². The largest absolute Gasteiger partial charge is 0.461 e. The highest BCUT2D eigenvalue weighted by Crippen LogP contribution is 2.21. The van der Waals surface area contributed by atoms with Crippen LogP contribution >= 0.6 is 24.0 Å². The number of nitrogens with one attached hydrogen (secondary N) is 2. The van der Waals surface area contributed by atoms with Crippen LogP contribution in [0.3, 0.4) is 0 Å². The van der Waals surface area contributed by atoms with Gasteiger partial charge in [-0.1, -0.05) is 0 Å². The molecule has 1 saturated heterocycles. The normalized spacial score (nSPS) is 17.2. The molecule has 4 heterocycles. The number of morpholine rings is 1. The van der Waals surface area contributed by atoms with Gasteiger partial charge in [-0.05, 0) is 12.1 Å². The van der Waals surface area contributed by atoms with Crippen LogP contribution in [0.2, 0.25) is 0 Å². The Balaban J connectivity index is 0.00000240. The SMILES string of the molecule is CN=C(NCCc1nc(-c2ccco2)n[nH]1)N1CCOC(c2cnn(C)c2)C1.I. The first-order valence-corrected chi connectivity index (χ1v) is 9.24. The number of hydrogen-bond donors (Lipinski definition) is 2. The molecule has 0 aliphatic carbocycles. The topological polar surface area (TPSA) is 109 Å². The molecule has 1 aliphatic rings. The number of nitrogens with zero attached hydrogens (tertiary/aromatic N) is 6. The lowest BCUT2D eigenvalue weighted by atomic mass is 10.1. The highest BCUT2D eigenvalue weighted by Gasteiger charge is 2.25. The molecule has 0 saturated carbocycles. The van der Waals surface area contributed by atoms with Crippen molar-refractivity contribution in [3.63, 3.8) is 0 Å². The van der Waals surface area contributed by atoms with E-state index in [0.29, 0.717) is 31.2 Å². The number of guanidine groups is 1. The lowest BCUT2D eigenvalue weighted by Gasteiger charge is -2.34. The summed E-state index contributed by atoms with van der Waals surface area (Å²) >= 11 is 0. The van der Waals surface area contributed by atoms with Gasteiger partial charge in [-0.3, -0.25) is 14.8 Å². The molecule has 2 N–H and O–H groups in total. The molecule has 3 aromatic rings. The molecule has 0 radical (unpaired) electrons. The molecule has 156 valence electrons. The Morgan fingerprint density at radius 2 is 2.34 bits per heavy atom. The van der Waals surface area contributed by atoms with E-state index < -0.39 is 0 Å². The molecule has 10 nitrogen and oxygen atoms in total. The van der Waals surface area contributed by atoms with Crippen molar-refractivity contribution in [3.05, 3.63) is 42.2 Å². The zero-order valence-corrected chi connectivity index (χ0v) is 18.7. The first-order chi connectivity index (χ1) is 13.7. The number of halogens is 1. The Hall–Kier alpha value is -2.41. The van der Waals surface area contributed by atoms with Crippen LogP contribution in [-0.4, -0.2) is 69.1 Å². The number of aliphatic imine (C=N–C) groups is 1. The average molecular weight is 512 g/mol. The molecule has 29 heavy (non-hydrogen) atoms. The van der Waals surface area contributed by atoms with Gasteiger partial charge < -0.3 is 19.4 Å². The van der Waals surface area contributed by atoms with Gasteiger partial charge >= 0.3 is 0 Å². The number of H-pyrrole nitrogens is 1. The van der Waals surface area contributed by atoms with E-state index >= 15 is 0 Å². The Bertz CT molecular complexity index is 920. The molecule has 1 aliphatic heterocycles. The predicted octanol–water partition coefficient (Wildman–Crippen LogP) is 1.61. The molecule has 0 aromatic carbocycles. The summed E-state index contributed by atoms with van der Waals surface area (Å²) < 4.78 is 13.0. The Morgan fingerprint density at radius 1 is 1.45 bits per heavy atom. The van der Waals surface area contributed by atoms with E-state index in [9.17, 15) is 0 Å². The summed E-state index contributed by atoms with van der Waals surface area (Å²) in [5.74, 6) is 2.87. The van der Waals surface area contributed by atoms with E-state index in [1.165, 1.54) is 0 Å². The number of ether oxygens (including phenoxy) is 1. The van der Waals surface area contributed by atoms with Gasteiger partial charge in [0.15, 0.2) is 11.7 Å². The average Bonchev–Trinajstić information content (AvgIpc) is 3.46. The predicted molar refractivity (Wildman–Crippen MR) is 118 cm³/mol. The summed E-state index contributed by atoms with van der Waals surface area (Å²) in [6, 6.07) is 3.65. The third-order valence-corrected chi connectivity index (χ3v) is 4.59. The molecule has 11 heteroatoms. The van der Waals surface area contributed by atoms with E-state index in [4.69, 9.17) is 9.15 Å². The molecule has 0 bridgehead atoms. The van der Waals surface area contributed by atoms with Crippen LogP contribution in [0.4, 0.5) is 0 Å². The fourth-order valence-electron chi connectivity index (χ4n) is 3.20. The molecular formula is C18H25IN8O2. The number of hydrogen-bond acceptors (Lipinski definition) is 6. The number of rotatable bonds is 5. The Kier molecular flexibility index (Phi) is 7.25. The molecule has 1 atom stereocenters. The Labute approximate surface area is 185 Å². The standard InChI is InChI=1S/C18H24N8O2.HI/c1-19-18(26-7-9-28-15(12-26)13-10-21-25(2)11-13)20-6-5-16-22-17(24-23-16)14-4-3-8-27-14;/h3-4,8,10-11,15H,5-7,9,12H2,1-2H3,(H,19,20)(H,22,23,24);1H. The van der Waals surface area contributed by atoms with Crippen molar-refractivity contribution in [2.45, 2.75) is 12.5 Å². The van der Waals surface area contributed by atoms with Crippen LogP contribution in [0.5, 0.6) is 0 Å². The Morgan fingerprint density at radius 3 is 3.07 bits per heavy atom. The van der Waals surface area contributed by atoms with Crippen molar-refractivity contribution in [2.75, 3.05) is 33.3 Å². The molecule has 3 aromatic heterocycles. The van der Waals surface area contributed by atoms with Gasteiger partial charge in [-0.2, -0.15) is 10.2 Å². The van der Waals surface area contributed by atoms with Gasteiger partial charge in [-0.25, -0.2) is 4.98 Å². The van der Waals surface area contributed by atoms with Crippen molar-refractivity contribution < 1.29 is 9.15 Å². The maximum Gasteiger partial charge on any atom is 0.216 e. The van der Waals surface area contributed by atoms with E-state index in [0.717, 1.165) is 30.4 Å². The van der Waals surface area contributed by atoms with Gasteiger partial charge in [0.05, 0.1) is 25.6 Å². The minimum Gasteiger partial charge on any atom is -0.461 e. The van der Waals surface area contributed by atoms with E-state index in [-0.39, 0.29) is 30.1 Å². The summed E-state index contributed by atoms with van der Waals surface area (Å²) in [4.78, 5) is 11.1. The van der Waals surface area contributed by atoms with Crippen molar-refractivity contribution in [1.82, 2.24) is 35.2 Å². The molecule has 4 rings (SSSR count). The lowest BCUT2D eigenvalue weighted by molar-refractivity contribution is -0.00801. The third kappa shape index (κ3) is 5.15. The zero-order valence-electron chi connectivity index (χ0n) is 16.4. The minimum absolute atomic E-state index is 0. The van der Waals surface area contributed by atoms with Crippen LogP contribution in [-0.2, 0) is 18.2 Å². The zero-order chi connectivity index (χ0) is 19.3. The minimum atomic E-state index is -0.00821. The first-order valence-electron chi connectivity index (χ1n) is 9.24. The summed E-state index contributed by atoms with van der Waals surface area (Å²) in [5, 5.41) is 14.8. The maximum atomic E-state index is 5.90. The smallest absolute Gasteiger partial charge is 0.216 e. The van der Waals surface area contributed by atoms with Gasteiger partial charge in [0.25, 0.3) is 0 Å². The van der Waals surface area contributed by atoms with Gasteiger partial charge in [-0.15, -0.1) is 24.0 Å². The summed E-state index contributed by atoms with van der Waals surface area (Å²) in [7, 11) is 3.70. The fourth-order valence-corrected chi connectivity index (χ4v) is 3.20. The van der Waals surface area contributed by atoms with Crippen molar-refractivity contribution in [3.8, 4) is 11.6 Å². The second kappa shape index (κ2) is 9.87. The molecule has 1 fully saturated rings. The van der Waals surface area contributed by atoms with Crippen molar-refractivity contribution >= 4 is 29.9 Å². The molecule has 0 spiro atoms. The first kappa shape index (κ1) is 21.3. The van der Waals surface area contributed by atoms with Crippen LogP contribution in [0.15, 0.2) is 40.2 Å². The number of aromatic amines is 1. The fraction of sp³-hybridized carbons (Fsp3) is 0.444. The summed E-state index contributed by atoms with van der Waals surface area (Å²) in [6.07, 6.45) is 6.14. The van der Waals surface area contributed by atoms with E-state index in [1.54, 1.807) is 18.0 Å². The number of aryl methyl sites for hydroxylation is 1. The maximum absolute atomic E-state index is 5.90. The van der Waals surface area contributed by atoms with Crippen LogP contribution in [0.25, 0.3) is 11.6 Å². The van der Waals surface area contributed by atoms with Crippen LogP contribution in [0, 0.1) is 0 Å². The summed E-state index contributed by atoms with van der Waals surface area (Å²) in [6.45, 7) is 2.86. The van der Waals surface area contributed by atoms with Gasteiger partial charge in [0, 0.05) is 45.4 Å². The summed E-state index contributed by atoms with van der Waals surface area (Å²) in [5.41, 5.74) is 1.08. The monoisotopic (exact) mass is 512 g/mol. The second-order valence-electron chi connectivity index (χ2n) is 6.56. The molecular weight excluding hydrogens is 487 g/mol. The third-order valence-electron chi connectivity index (χ3n) is 4.59. The highest BCUT2D eigenvalue weighted by atomic mass is 127. The highest BCUT2D eigenvalue weighted by molar-refractivity contribution is 14.0. The lowest BCUT2D eigenvalue weighted by Crippen LogP contribution is -2.48. The van der Waals surface area contributed by atoms with Gasteiger partial charge in [0.2, 0.25) is 5.82 Å². The quantitative estimate of drug-likeness (QED) is 0.304. The number of furan rings is 1. The second-order valence-corrected chi connectivity index (χ2v) is 6.56. The van der Waals surface area contributed by atoms with Crippen molar-refractivity contribution in [1.29, 1.82) is 0 Å². The molecule has 0 amide bonds. The molecule has 1 unspecified atom stereocenters. The van der Waals surface area contributed by atoms with Crippen LogP contribution < -0.4 is 5.32 Å². The van der Waals surface area contributed by atoms with Crippen LogP contribution in [0.1, 0.15) is 17.5 Å². The van der Waals surface area contributed by atoms with E-state index in [1.807, 2.05) is 31.6 Å².